The van der Waals surface area contributed by atoms with Gasteiger partial charge in [0.05, 0.1) is 22.4 Å². The lowest BCUT2D eigenvalue weighted by Crippen LogP contribution is -2.25. The van der Waals surface area contributed by atoms with E-state index in [1.54, 1.807) is 12.1 Å². The average molecular weight is 412 g/mol. The van der Waals surface area contributed by atoms with Gasteiger partial charge in [-0.15, -0.1) is 0 Å². The van der Waals surface area contributed by atoms with Crippen LogP contribution in [0.15, 0.2) is 36.4 Å². The minimum absolute atomic E-state index is 0.0509. The van der Waals surface area contributed by atoms with Crippen LogP contribution >= 0.6 is 11.6 Å². The van der Waals surface area contributed by atoms with Crippen LogP contribution < -0.4 is 15.0 Å². The van der Waals surface area contributed by atoms with Gasteiger partial charge in [-0.1, -0.05) is 31.5 Å². The van der Waals surface area contributed by atoms with Gasteiger partial charge in [0.25, 0.3) is 0 Å². The molecule has 152 valence electrons. The molecule has 0 atom stereocenters. The van der Waals surface area contributed by atoms with Crippen LogP contribution in [0.2, 0.25) is 5.02 Å². The van der Waals surface area contributed by atoms with Crippen LogP contribution in [0.25, 0.3) is 11.0 Å². The Morgan fingerprint density at radius 2 is 1.97 bits per heavy atom. The molecule has 6 nitrogen and oxygen atoms in total. The van der Waals surface area contributed by atoms with Crippen LogP contribution in [0.1, 0.15) is 26.7 Å². The lowest BCUT2D eigenvalue weighted by molar-refractivity contribution is 0.370. The summed E-state index contributed by atoms with van der Waals surface area (Å²) in [6.45, 7) is 6.35. The van der Waals surface area contributed by atoms with E-state index in [9.17, 15) is 0 Å². The summed E-state index contributed by atoms with van der Waals surface area (Å²) >= 11 is 6.09. The van der Waals surface area contributed by atoms with Gasteiger partial charge < -0.3 is 19.5 Å². The first-order chi connectivity index (χ1) is 14.1. The molecule has 0 aliphatic carbocycles. The zero-order valence-electron chi connectivity index (χ0n) is 17.1. The van der Waals surface area contributed by atoms with Gasteiger partial charge in [0, 0.05) is 31.2 Å². The van der Waals surface area contributed by atoms with Gasteiger partial charge in [-0.25, -0.2) is 4.98 Å². The Morgan fingerprint density at radius 3 is 2.66 bits per heavy atom. The zero-order chi connectivity index (χ0) is 20.8. The van der Waals surface area contributed by atoms with E-state index < -0.39 is 0 Å². The number of hydrogen-bond acceptors (Lipinski definition) is 5. The van der Waals surface area contributed by atoms with Gasteiger partial charge in [0.15, 0.2) is 6.61 Å². The molecule has 29 heavy (non-hydrogen) atoms. The quantitative estimate of drug-likeness (QED) is 0.503. The van der Waals surface area contributed by atoms with E-state index in [-0.39, 0.29) is 6.61 Å². The highest BCUT2D eigenvalue weighted by Crippen LogP contribution is 2.34. The van der Waals surface area contributed by atoms with Gasteiger partial charge in [-0.05, 0) is 37.1 Å². The highest BCUT2D eigenvalue weighted by molar-refractivity contribution is 6.30. The van der Waals surface area contributed by atoms with Crippen molar-refractivity contribution >= 4 is 40.0 Å². The molecule has 0 radical (unpaired) electrons. The third-order valence-corrected chi connectivity index (χ3v) is 4.92. The fourth-order valence-electron chi connectivity index (χ4n) is 3.46. The Bertz CT molecular complexity index is 1020. The van der Waals surface area contributed by atoms with Crippen molar-refractivity contribution in [2.45, 2.75) is 26.7 Å². The normalized spacial score (nSPS) is 10.7. The maximum Gasteiger partial charge on any atom is 0.208 e. The molecule has 0 saturated heterocycles. The summed E-state index contributed by atoms with van der Waals surface area (Å²) in [7, 11) is 2.00. The predicted octanol–water partition coefficient (Wildman–Crippen LogP) is 5.50. The number of nitrogens with one attached hydrogen (secondary N) is 1. The number of nitriles is 1. The fraction of sp³-hybridized carbons (Fsp3) is 0.364. The molecule has 0 amide bonds. The predicted molar refractivity (Wildman–Crippen MR) is 119 cm³/mol. The van der Waals surface area contributed by atoms with Crippen molar-refractivity contribution in [1.29, 1.82) is 5.26 Å². The summed E-state index contributed by atoms with van der Waals surface area (Å²) in [5.41, 5.74) is 3.92. The summed E-state index contributed by atoms with van der Waals surface area (Å²) in [4.78, 5) is 7.20. The number of benzene rings is 2. The Labute approximate surface area is 176 Å². The number of ether oxygens (including phenoxy) is 1. The molecule has 7 heteroatoms. The standard InChI is InChI=1S/C22H26ClN5O/c1-4-12-28(13-5-2)19-8-6-7-18-21(19)27(3)22(26-18)25-17-10-9-16(23)15-20(17)29-14-11-24/h6-10,15H,4-5,12-14H2,1-3H3,(H,25,26). The van der Waals surface area contributed by atoms with Crippen molar-refractivity contribution in [3.8, 4) is 11.8 Å². The van der Waals surface area contributed by atoms with E-state index >= 15 is 0 Å². The molecule has 0 aliphatic heterocycles. The highest BCUT2D eigenvalue weighted by atomic mass is 35.5. The molecule has 1 heterocycles. The first-order valence-electron chi connectivity index (χ1n) is 9.85. The molecule has 0 spiro atoms. The van der Waals surface area contributed by atoms with Crippen LogP contribution in [-0.4, -0.2) is 29.2 Å². The zero-order valence-corrected chi connectivity index (χ0v) is 17.8. The number of nitrogens with zero attached hydrogens (tertiary/aromatic N) is 4. The van der Waals surface area contributed by atoms with Crippen LogP contribution in [0.3, 0.4) is 0 Å². The van der Waals surface area contributed by atoms with Gasteiger partial charge >= 0.3 is 0 Å². The summed E-state index contributed by atoms with van der Waals surface area (Å²) in [6.07, 6.45) is 2.17. The molecule has 1 aromatic heterocycles. The molecular weight excluding hydrogens is 386 g/mol. The van der Waals surface area contributed by atoms with Crippen molar-refractivity contribution in [2.24, 2.45) is 7.05 Å². The maximum absolute atomic E-state index is 8.84. The van der Waals surface area contributed by atoms with Crippen LogP contribution in [0, 0.1) is 11.3 Å². The molecule has 0 aliphatic rings. The lowest BCUT2D eigenvalue weighted by Gasteiger charge is -2.25. The van der Waals surface area contributed by atoms with Gasteiger partial charge in [-0.3, -0.25) is 0 Å². The number of para-hydroxylation sites is 1. The van der Waals surface area contributed by atoms with Crippen molar-refractivity contribution in [3.05, 3.63) is 41.4 Å². The Hall–Kier alpha value is -2.91. The number of rotatable bonds is 9. The fourth-order valence-corrected chi connectivity index (χ4v) is 3.62. The molecule has 0 saturated carbocycles. The Kier molecular flexibility index (Phi) is 6.84. The molecule has 0 fully saturated rings. The third-order valence-electron chi connectivity index (χ3n) is 4.68. The highest BCUT2D eigenvalue weighted by Gasteiger charge is 2.16. The summed E-state index contributed by atoms with van der Waals surface area (Å²) in [6, 6.07) is 13.5. The van der Waals surface area contributed by atoms with E-state index in [0.29, 0.717) is 22.4 Å². The second-order valence-electron chi connectivity index (χ2n) is 6.84. The van der Waals surface area contributed by atoms with Crippen LogP contribution in [-0.2, 0) is 7.05 Å². The van der Waals surface area contributed by atoms with Crippen molar-refractivity contribution in [1.82, 2.24) is 9.55 Å². The topological polar surface area (TPSA) is 66.1 Å². The molecule has 2 aromatic carbocycles. The van der Waals surface area contributed by atoms with E-state index in [4.69, 9.17) is 26.6 Å². The number of fused-ring (bicyclic) bond motifs is 1. The van der Waals surface area contributed by atoms with Crippen molar-refractivity contribution in [2.75, 3.05) is 29.9 Å². The van der Waals surface area contributed by atoms with Gasteiger partial charge in [-0.2, -0.15) is 5.26 Å². The van der Waals surface area contributed by atoms with Crippen LogP contribution in [0.4, 0.5) is 17.3 Å². The molecule has 3 aromatic rings. The number of halogens is 1. The van der Waals surface area contributed by atoms with E-state index in [1.807, 2.05) is 25.2 Å². The molecule has 1 N–H and O–H groups in total. The lowest BCUT2D eigenvalue weighted by atomic mass is 10.2. The summed E-state index contributed by atoms with van der Waals surface area (Å²) < 4.78 is 7.59. The first-order valence-corrected chi connectivity index (χ1v) is 10.2. The molecule has 0 bridgehead atoms. The summed E-state index contributed by atoms with van der Waals surface area (Å²) in [5.74, 6) is 1.22. The first kappa shape index (κ1) is 20.8. The second-order valence-corrected chi connectivity index (χ2v) is 7.28. The third kappa shape index (κ3) is 4.57. The van der Waals surface area contributed by atoms with E-state index in [0.717, 1.165) is 37.0 Å². The van der Waals surface area contributed by atoms with E-state index in [2.05, 4.69) is 40.8 Å². The SMILES string of the molecule is CCCN(CCC)c1cccc2nc(Nc3ccc(Cl)cc3OCC#N)n(C)c12. The van der Waals surface area contributed by atoms with Crippen molar-refractivity contribution in [3.63, 3.8) is 0 Å². The Balaban J connectivity index is 2.01. The number of imidazole rings is 1. The summed E-state index contributed by atoms with van der Waals surface area (Å²) in [5, 5.41) is 12.7. The minimum atomic E-state index is -0.0509. The van der Waals surface area contributed by atoms with Gasteiger partial charge in [0.2, 0.25) is 5.95 Å². The second kappa shape index (κ2) is 9.53. The van der Waals surface area contributed by atoms with Gasteiger partial charge in [0.1, 0.15) is 11.8 Å². The monoisotopic (exact) mass is 411 g/mol. The molecule has 0 unspecified atom stereocenters. The largest absolute Gasteiger partial charge is 0.477 e. The number of anilines is 3. The number of aryl methyl sites for hydroxylation is 1. The minimum Gasteiger partial charge on any atom is -0.477 e. The molecular formula is C22H26ClN5O. The van der Waals surface area contributed by atoms with Crippen LogP contribution in [0.5, 0.6) is 5.75 Å². The smallest absolute Gasteiger partial charge is 0.208 e. The average Bonchev–Trinajstić information content (AvgIpc) is 3.03. The molecule has 3 rings (SSSR count). The number of hydrogen-bond donors (Lipinski definition) is 1. The van der Waals surface area contributed by atoms with Crippen molar-refractivity contribution < 1.29 is 4.74 Å². The number of aromatic nitrogens is 2. The van der Waals surface area contributed by atoms with E-state index in [1.165, 1.54) is 5.69 Å². The maximum atomic E-state index is 8.84. The Morgan fingerprint density at radius 1 is 1.21 bits per heavy atom.